The molecule has 1 N–H and O–H groups in total. The van der Waals surface area contributed by atoms with Crippen LogP contribution in [0, 0.1) is 17.1 Å². The molecule has 0 aliphatic rings. The first kappa shape index (κ1) is 25.7. The van der Waals surface area contributed by atoms with Crippen LogP contribution < -0.4 is 21.5 Å². The van der Waals surface area contributed by atoms with Crippen molar-refractivity contribution in [3.63, 3.8) is 0 Å². The van der Waals surface area contributed by atoms with E-state index in [1.807, 2.05) is 6.07 Å². The Labute approximate surface area is 223 Å². The van der Waals surface area contributed by atoms with E-state index in [1.54, 1.807) is 41.0 Å². The molecule has 3 aromatic heterocycles. The molecular weight excluding hydrogens is 525 g/mol. The minimum absolute atomic E-state index is 0.113. The van der Waals surface area contributed by atoms with Crippen molar-refractivity contribution in [2.45, 2.75) is 16.9 Å². The summed E-state index contributed by atoms with van der Waals surface area (Å²) in [5.41, 5.74) is -0.277. The van der Waals surface area contributed by atoms with Crippen LogP contribution in [-0.4, -0.2) is 35.8 Å². The lowest BCUT2D eigenvalue weighted by Gasteiger charge is -2.10. The number of nitrogens with zero attached hydrogens (tertiary/aromatic N) is 6. The molecule has 0 spiro atoms. The van der Waals surface area contributed by atoms with E-state index in [1.165, 1.54) is 37.9 Å². The summed E-state index contributed by atoms with van der Waals surface area (Å²) < 4.78 is 22.5. The molecule has 39 heavy (non-hydrogen) atoms. The van der Waals surface area contributed by atoms with E-state index < -0.39 is 22.6 Å². The first-order valence-corrected chi connectivity index (χ1v) is 12.3. The van der Waals surface area contributed by atoms with Crippen molar-refractivity contribution in [1.82, 2.24) is 28.7 Å². The molecule has 0 unspecified atom stereocenters. The van der Waals surface area contributed by atoms with Gasteiger partial charge in [-0.3, -0.25) is 23.7 Å². The van der Waals surface area contributed by atoms with Gasteiger partial charge in [-0.1, -0.05) is 12.1 Å². The van der Waals surface area contributed by atoms with Crippen LogP contribution in [0.3, 0.4) is 0 Å². The first-order valence-electron chi connectivity index (χ1n) is 11.5. The summed E-state index contributed by atoms with van der Waals surface area (Å²) in [7, 11) is 4.39. The van der Waals surface area contributed by atoms with E-state index in [0.717, 1.165) is 16.3 Å². The third-order valence-corrected chi connectivity index (χ3v) is 7.01. The maximum Gasteiger partial charge on any atom is 0.332 e. The van der Waals surface area contributed by atoms with Gasteiger partial charge in [-0.05, 0) is 53.7 Å². The number of aryl methyl sites for hydroxylation is 1. The molecule has 0 bridgehead atoms. The van der Waals surface area contributed by atoms with Crippen LogP contribution in [0.2, 0.25) is 0 Å². The van der Waals surface area contributed by atoms with E-state index in [2.05, 4.69) is 15.0 Å². The van der Waals surface area contributed by atoms with Gasteiger partial charge in [-0.15, -0.1) is 0 Å². The van der Waals surface area contributed by atoms with Crippen LogP contribution in [-0.2, 0) is 20.6 Å². The Kier molecular flexibility index (Phi) is 6.63. The maximum absolute atomic E-state index is 13.5. The zero-order valence-electron chi connectivity index (χ0n) is 20.9. The molecule has 0 atom stereocenters. The Balaban J connectivity index is 1.69. The van der Waals surface area contributed by atoms with E-state index in [9.17, 15) is 24.0 Å². The molecule has 2 aromatic carbocycles. The molecule has 5 aromatic rings. The van der Waals surface area contributed by atoms with E-state index >= 15 is 0 Å². The Morgan fingerprint density at radius 1 is 1.03 bits per heavy atom. The minimum Gasteiger partial charge on any atom is -0.497 e. The Morgan fingerprint density at radius 2 is 1.72 bits per heavy atom. The highest BCUT2D eigenvalue weighted by atomic mass is 32.2. The molecule has 13 heteroatoms. The average molecular weight is 546 g/mol. The predicted molar refractivity (Wildman–Crippen MR) is 141 cm³/mol. The second-order valence-electron chi connectivity index (χ2n) is 8.52. The monoisotopic (exact) mass is 545 g/mol. The summed E-state index contributed by atoms with van der Waals surface area (Å²) in [6, 6.07) is 14.4. The molecule has 0 aliphatic heterocycles. The molecule has 5 rings (SSSR count). The van der Waals surface area contributed by atoms with Crippen molar-refractivity contribution in [3.05, 3.63) is 96.7 Å². The van der Waals surface area contributed by atoms with Gasteiger partial charge in [0.1, 0.15) is 23.2 Å². The van der Waals surface area contributed by atoms with Gasteiger partial charge in [0.05, 0.1) is 19.3 Å². The van der Waals surface area contributed by atoms with Gasteiger partial charge in [0.2, 0.25) is 0 Å². The number of benzene rings is 2. The van der Waals surface area contributed by atoms with Crippen LogP contribution in [0.15, 0.2) is 73.2 Å². The van der Waals surface area contributed by atoms with Gasteiger partial charge in [-0.2, -0.15) is 5.26 Å². The van der Waals surface area contributed by atoms with Gasteiger partial charge in [0.25, 0.3) is 11.1 Å². The number of rotatable bonds is 6. The molecular formula is C26H20FN7O4S. The number of imidazole rings is 1. The number of H-pyrrole nitrogens is 1. The summed E-state index contributed by atoms with van der Waals surface area (Å²) >= 11 is 0.955. The molecule has 0 fully saturated rings. The van der Waals surface area contributed by atoms with E-state index in [4.69, 9.17) is 4.74 Å². The highest BCUT2D eigenvalue weighted by Crippen LogP contribution is 2.30. The van der Waals surface area contributed by atoms with Gasteiger partial charge < -0.3 is 9.30 Å². The number of aromatic amines is 1. The molecule has 0 amide bonds. The van der Waals surface area contributed by atoms with Crippen molar-refractivity contribution >= 4 is 22.9 Å². The van der Waals surface area contributed by atoms with Gasteiger partial charge in [0, 0.05) is 19.7 Å². The zero-order chi connectivity index (χ0) is 27.8. The average Bonchev–Trinajstić information content (AvgIpc) is 3.29. The van der Waals surface area contributed by atoms with Crippen LogP contribution in [0.4, 0.5) is 4.39 Å². The molecule has 0 radical (unpaired) electrons. The fourth-order valence-corrected chi connectivity index (χ4v) is 4.92. The van der Waals surface area contributed by atoms with Crippen LogP contribution in [0.5, 0.6) is 5.75 Å². The second kappa shape index (κ2) is 10.1. The molecule has 196 valence electrons. The Morgan fingerprint density at radius 3 is 2.36 bits per heavy atom. The van der Waals surface area contributed by atoms with Crippen molar-refractivity contribution < 1.29 is 9.13 Å². The molecule has 3 heterocycles. The van der Waals surface area contributed by atoms with Crippen LogP contribution in [0.25, 0.3) is 22.4 Å². The topological polar surface area (TPSA) is 141 Å². The lowest BCUT2D eigenvalue weighted by atomic mass is 10.1. The van der Waals surface area contributed by atoms with Gasteiger partial charge in [0.15, 0.2) is 21.5 Å². The number of fused-ring (bicyclic) bond motifs is 1. The smallest absolute Gasteiger partial charge is 0.332 e. The zero-order valence-corrected chi connectivity index (χ0v) is 21.7. The highest BCUT2D eigenvalue weighted by Gasteiger charge is 2.22. The number of hydrogen-bond acceptors (Lipinski definition) is 8. The molecule has 0 saturated heterocycles. The molecule has 11 nitrogen and oxygen atoms in total. The quantitative estimate of drug-likeness (QED) is 0.321. The fraction of sp³-hybridized carbons (Fsp3) is 0.154. The standard InChI is InChI=1S/C26H20FN7O4S/c1-32-21-20(23(36)33(2)26(32)37)34(13-14-4-8-16(27)9-5-14)25(30-21)39-24-29-19(18(12-28)22(35)31-24)15-6-10-17(38-3)11-7-15/h4-11H,13H2,1-3H3,(H,29,31,35). The minimum atomic E-state index is -0.648. The SMILES string of the molecule is COc1ccc(-c2nc(Sc3nc4c(c(=O)n(C)c(=O)n4C)n3Cc3ccc(F)cc3)[nH]c(=O)c2C#N)cc1. The largest absolute Gasteiger partial charge is 0.497 e. The van der Waals surface area contributed by atoms with Crippen molar-refractivity contribution in [1.29, 1.82) is 5.26 Å². The third kappa shape index (κ3) is 4.62. The van der Waals surface area contributed by atoms with Crippen molar-refractivity contribution in [2.75, 3.05) is 7.11 Å². The Bertz CT molecular complexity index is 1950. The van der Waals surface area contributed by atoms with Crippen molar-refractivity contribution in [2.24, 2.45) is 14.1 Å². The normalized spacial score (nSPS) is 11.1. The summed E-state index contributed by atoms with van der Waals surface area (Å²) in [4.78, 5) is 50.2. The summed E-state index contributed by atoms with van der Waals surface area (Å²) in [5.74, 6) is 0.186. The second-order valence-corrected chi connectivity index (χ2v) is 9.48. The molecule has 0 saturated carbocycles. The lowest BCUT2D eigenvalue weighted by molar-refractivity contribution is 0.415. The summed E-state index contributed by atoms with van der Waals surface area (Å²) in [5, 5.41) is 9.99. The Hall–Kier alpha value is -4.96. The number of ether oxygens (including phenoxy) is 1. The van der Waals surface area contributed by atoms with E-state index in [-0.39, 0.29) is 39.3 Å². The lowest BCUT2D eigenvalue weighted by Crippen LogP contribution is -2.37. The number of aromatic nitrogens is 6. The van der Waals surface area contributed by atoms with Gasteiger partial charge >= 0.3 is 5.69 Å². The number of nitrogens with one attached hydrogen (secondary N) is 1. The number of halogens is 1. The predicted octanol–water partition coefficient (Wildman–Crippen LogP) is 2.40. The fourth-order valence-electron chi connectivity index (χ4n) is 4.07. The first-order chi connectivity index (χ1) is 18.7. The third-order valence-electron chi connectivity index (χ3n) is 6.13. The number of hydrogen-bond donors (Lipinski definition) is 1. The van der Waals surface area contributed by atoms with Crippen LogP contribution >= 0.6 is 11.8 Å². The van der Waals surface area contributed by atoms with Gasteiger partial charge in [-0.25, -0.2) is 19.2 Å². The number of methoxy groups -OCH3 is 1. The summed E-state index contributed by atoms with van der Waals surface area (Å²) in [6.07, 6.45) is 0. The highest BCUT2D eigenvalue weighted by molar-refractivity contribution is 7.99. The number of nitriles is 1. The van der Waals surface area contributed by atoms with Crippen molar-refractivity contribution in [3.8, 4) is 23.1 Å². The summed E-state index contributed by atoms with van der Waals surface area (Å²) in [6.45, 7) is 0.123. The maximum atomic E-state index is 13.5. The van der Waals surface area contributed by atoms with E-state index in [0.29, 0.717) is 16.9 Å². The molecule has 0 aliphatic carbocycles. The van der Waals surface area contributed by atoms with Crippen LogP contribution in [0.1, 0.15) is 11.1 Å².